The zero-order valence-electron chi connectivity index (χ0n) is 8.57. The Bertz CT molecular complexity index is 373. The molecule has 1 aliphatic rings. The summed E-state index contributed by atoms with van der Waals surface area (Å²) in [5, 5.41) is 2.79. The minimum Gasteiger partial charge on any atom is -0.497 e. The van der Waals surface area contributed by atoms with E-state index < -0.39 is 0 Å². The van der Waals surface area contributed by atoms with Crippen molar-refractivity contribution in [2.45, 2.75) is 12.5 Å². The van der Waals surface area contributed by atoms with Gasteiger partial charge >= 0.3 is 0 Å². The zero-order valence-corrected chi connectivity index (χ0v) is 8.57. The molecule has 78 valence electrons. The van der Waals surface area contributed by atoms with Gasteiger partial charge in [0.2, 0.25) is 5.91 Å². The van der Waals surface area contributed by atoms with E-state index in [4.69, 9.17) is 4.74 Å². The van der Waals surface area contributed by atoms with E-state index >= 15 is 0 Å². The van der Waals surface area contributed by atoms with Gasteiger partial charge < -0.3 is 10.1 Å². The highest BCUT2D eigenvalue weighted by Gasteiger charge is 2.21. The van der Waals surface area contributed by atoms with Crippen LogP contribution in [0.3, 0.4) is 0 Å². The average Bonchev–Trinajstić information content (AvgIpc) is 2.23. The smallest absolute Gasteiger partial charge is 0.222 e. The first-order valence-electron chi connectivity index (χ1n) is 4.89. The third-order valence-corrected chi connectivity index (χ3v) is 2.39. The third-order valence-electron chi connectivity index (χ3n) is 2.39. The van der Waals surface area contributed by atoms with E-state index in [9.17, 15) is 4.79 Å². The van der Waals surface area contributed by atoms with Crippen molar-refractivity contribution in [3.05, 3.63) is 35.9 Å². The molecule has 3 heteroatoms. The summed E-state index contributed by atoms with van der Waals surface area (Å²) in [6.45, 7) is 0. The average molecular weight is 203 g/mol. The zero-order chi connectivity index (χ0) is 10.7. The van der Waals surface area contributed by atoms with Crippen LogP contribution in [0.15, 0.2) is 30.3 Å². The van der Waals surface area contributed by atoms with E-state index in [2.05, 4.69) is 5.32 Å². The van der Waals surface area contributed by atoms with E-state index in [1.54, 1.807) is 7.11 Å². The molecule has 1 fully saturated rings. The first-order valence-corrected chi connectivity index (χ1v) is 4.89. The van der Waals surface area contributed by atoms with Crippen molar-refractivity contribution in [3.8, 4) is 5.75 Å². The second-order valence-electron chi connectivity index (χ2n) is 3.51. The van der Waals surface area contributed by atoms with Crippen LogP contribution in [0.2, 0.25) is 0 Å². The molecule has 1 saturated heterocycles. The summed E-state index contributed by atoms with van der Waals surface area (Å²) in [7, 11) is 1.65. The molecule has 3 nitrogen and oxygen atoms in total. The summed E-state index contributed by atoms with van der Waals surface area (Å²) in [5.41, 5.74) is 1.11. The fourth-order valence-corrected chi connectivity index (χ4v) is 1.44. The number of ether oxygens (including phenoxy) is 1. The number of amides is 1. The molecule has 1 N–H and O–H groups in total. The monoisotopic (exact) mass is 203 g/mol. The van der Waals surface area contributed by atoms with Gasteiger partial charge in [-0.05, 0) is 17.7 Å². The maximum Gasteiger partial charge on any atom is 0.222 e. The largest absolute Gasteiger partial charge is 0.497 e. The summed E-state index contributed by atoms with van der Waals surface area (Å²) in [5.74, 6) is 0.975. The molecule has 1 amide bonds. The lowest BCUT2D eigenvalue weighted by Gasteiger charge is -2.23. The summed E-state index contributed by atoms with van der Waals surface area (Å²) in [6, 6.07) is 8.00. The predicted octanol–water partition coefficient (Wildman–Crippen LogP) is 1.60. The van der Waals surface area contributed by atoms with Gasteiger partial charge in [0.1, 0.15) is 5.75 Å². The Morgan fingerprint density at radius 2 is 2.07 bits per heavy atom. The molecule has 15 heavy (non-hydrogen) atoms. The van der Waals surface area contributed by atoms with Crippen molar-refractivity contribution in [2.75, 3.05) is 7.11 Å². The first-order chi connectivity index (χ1) is 7.28. The summed E-state index contributed by atoms with van der Waals surface area (Å²) in [6.07, 6.45) is 4.61. The SMILES string of the molecule is COc1ccc(/C=C/C2CC(=O)N2)cc1. The van der Waals surface area contributed by atoms with E-state index in [0.717, 1.165) is 11.3 Å². The molecule has 1 atom stereocenters. The molecule has 0 spiro atoms. The van der Waals surface area contributed by atoms with Crippen molar-refractivity contribution in [2.24, 2.45) is 0 Å². The van der Waals surface area contributed by atoms with Crippen molar-refractivity contribution >= 4 is 12.0 Å². The number of β-lactam (4-membered cyclic amide) rings is 1. The first kappa shape index (κ1) is 9.77. The molecular formula is C12H13NO2. The molecule has 0 radical (unpaired) electrons. The van der Waals surface area contributed by atoms with Gasteiger partial charge in [0.15, 0.2) is 0 Å². The highest BCUT2D eigenvalue weighted by molar-refractivity contribution is 5.84. The lowest BCUT2D eigenvalue weighted by molar-refractivity contribution is -0.127. The van der Waals surface area contributed by atoms with Crippen LogP contribution in [0.5, 0.6) is 5.75 Å². The van der Waals surface area contributed by atoms with Gasteiger partial charge in [-0.2, -0.15) is 0 Å². The third kappa shape index (κ3) is 2.37. The van der Waals surface area contributed by atoms with Crippen LogP contribution in [0, 0.1) is 0 Å². The fourth-order valence-electron chi connectivity index (χ4n) is 1.44. The minimum absolute atomic E-state index is 0.124. The van der Waals surface area contributed by atoms with E-state index in [0.29, 0.717) is 6.42 Å². The van der Waals surface area contributed by atoms with Crippen LogP contribution in [0.4, 0.5) is 0 Å². The molecule has 0 aliphatic carbocycles. The number of hydrogen-bond donors (Lipinski definition) is 1. The Kier molecular flexibility index (Phi) is 2.72. The molecule has 1 unspecified atom stereocenters. The van der Waals surface area contributed by atoms with Crippen molar-refractivity contribution < 1.29 is 9.53 Å². The maximum atomic E-state index is 10.6. The molecule has 1 aliphatic heterocycles. The molecule has 0 bridgehead atoms. The Morgan fingerprint density at radius 1 is 1.40 bits per heavy atom. The Balaban J connectivity index is 1.95. The number of rotatable bonds is 3. The topological polar surface area (TPSA) is 38.3 Å². The van der Waals surface area contributed by atoms with Crippen molar-refractivity contribution in [1.29, 1.82) is 0 Å². The standard InChI is InChI=1S/C12H13NO2/c1-15-11-6-3-9(4-7-11)2-5-10-8-12(14)13-10/h2-7,10H,8H2,1H3,(H,13,14)/b5-2+. The van der Waals surface area contributed by atoms with Gasteiger partial charge in [-0.25, -0.2) is 0 Å². The summed E-state index contributed by atoms with van der Waals surface area (Å²) in [4.78, 5) is 10.6. The van der Waals surface area contributed by atoms with Crippen LogP contribution in [0.25, 0.3) is 6.08 Å². The van der Waals surface area contributed by atoms with Gasteiger partial charge in [0.25, 0.3) is 0 Å². The van der Waals surface area contributed by atoms with Gasteiger partial charge in [-0.1, -0.05) is 24.3 Å². The molecular weight excluding hydrogens is 190 g/mol. The molecule has 1 aromatic rings. The van der Waals surface area contributed by atoms with E-state index in [1.807, 2.05) is 36.4 Å². The number of carbonyl (C=O) groups excluding carboxylic acids is 1. The molecule has 1 heterocycles. The lowest BCUT2D eigenvalue weighted by Crippen LogP contribution is -2.46. The Hall–Kier alpha value is -1.77. The second-order valence-corrected chi connectivity index (χ2v) is 3.51. The van der Waals surface area contributed by atoms with Crippen LogP contribution in [-0.2, 0) is 4.79 Å². The van der Waals surface area contributed by atoms with Gasteiger partial charge in [0, 0.05) is 0 Å². The Morgan fingerprint density at radius 3 is 2.60 bits per heavy atom. The highest BCUT2D eigenvalue weighted by atomic mass is 16.5. The lowest BCUT2D eigenvalue weighted by atomic mass is 10.0. The fraction of sp³-hybridized carbons (Fsp3) is 0.250. The van der Waals surface area contributed by atoms with Crippen molar-refractivity contribution in [3.63, 3.8) is 0 Å². The molecule has 2 rings (SSSR count). The molecule has 1 aromatic carbocycles. The normalized spacial score (nSPS) is 19.8. The van der Waals surface area contributed by atoms with Crippen molar-refractivity contribution in [1.82, 2.24) is 5.32 Å². The quantitative estimate of drug-likeness (QED) is 0.758. The van der Waals surface area contributed by atoms with Crippen LogP contribution in [0.1, 0.15) is 12.0 Å². The number of carbonyl (C=O) groups is 1. The van der Waals surface area contributed by atoms with Gasteiger partial charge in [-0.3, -0.25) is 4.79 Å². The van der Waals surface area contributed by atoms with Gasteiger partial charge in [0.05, 0.1) is 19.6 Å². The van der Waals surface area contributed by atoms with Crippen LogP contribution >= 0.6 is 0 Å². The number of hydrogen-bond acceptors (Lipinski definition) is 2. The number of methoxy groups -OCH3 is 1. The summed E-state index contributed by atoms with van der Waals surface area (Å²) >= 11 is 0. The molecule has 0 saturated carbocycles. The highest BCUT2D eigenvalue weighted by Crippen LogP contribution is 2.14. The van der Waals surface area contributed by atoms with Gasteiger partial charge in [-0.15, -0.1) is 0 Å². The van der Waals surface area contributed by atoms with E-state index in [-0.39, 0.29) is 11.9 Å². The number of nitrogens with one attached hydrogen (secondary N) is 1. The second kappa shape index (κ2) is 4.17. The maximum absolute atomic E-state index is 10.6. The Labute approximate surface area is 88.8 Å². The van der Waals surface area contributed by atoms with E-state index in [1.165, 1.54) is 0 Å². The molecule has 0 aromatic heterocycles. The summed E-state index contributed by atoms with van der Waals surface area (Å²) < 4.78 is 5.06. The minimum atomic E-state index is 0.124. The van der Waals surface area contributed by atoms with Crippen LogP contribution in [-0.4, -0.2) is 19.1 Å². The predicted molar refractivity (Wildman–Crippen MR) is 58.6 cm³/mol. The van der Waals surface area contributed by atoms with Crippen LogP contribution < -0.4 is 10.1 Å². The number of benzene rings is 1.